The van der Waals surface area contributed by atoms with Crippen LogP contribution in [-0.4, -0.2) is 21.8 Å². The molecule has 0 bridgehead atoms. The van der Waals surface area contributed by atoms with Crippen LogP contribution in [0.5, 0.6) is 0 Å². The molecule has 1 aromatic heterocycles. The van der Waals surface area contributed by atoms with Crippen molar-refractivity contribution in [3.63, 3.8) is 0 Å². The zero-order valence-corrected chi connectivity index (χ0v) is 18.7. The van der Waals surface area contributed by atoms with Crippen molar-refractivity contribution in [1.82, 2.24) is 9.97 Å². The lowest BCUT2D eigenvalue weighted by atomic mass is 9.92. The number of rotatable bonds is 6. The standard InChI is InChI=1S/C24H24N4O3S/c1-3-15-7-9-17(10-8-15)25-22(30)18-12-19(29)26-21-20(18)23(31)28-24(27-21)32-13-16-6-4-5-14(2)11-16/h4-11,18H,3,12-13H2,1-2H3,(H,25,30)(H2,26,27,28,29,31). The van der Waals surface area contributed by atoms with Gasteiger partial charge >= 0.3 is 0 Å². The van der Waals surface area contributed by atoms with Gasteiger partial charge in [-0.05, 0) is 36.6 Å². The molecule has 0 aliphatic carbocycles. The average molecular weight is 449 g/mol. The Bertz CT molecular complexity index is 1220. The second-order valence-electron chi connectivity index (χ2n) is 7.76. The van der Waals surface area contributed by atoms with Gasteiger partial charge in [-0.3, -0.25) is 14.4 Å². The molecule has 3 aromatic rings. The normalized spacial score (nSPS) is 15.1. The molecule has 32 heavy (non-hydrogen) atoms. The van der Waals surface area contributed by atoms with E-state index in [0.29, 0.717) is 16.6 Å². The molecule has 1 atom stereocenters. The van der Waals surface area contributed by atoms with Crippen LogP contribution in [0, 0.1) is 6.92 Å². The number of aryl methyl sites for hydroxylation is 2. The van der Waals surface area contributed by atoms with E-state index in [-0.39, 0.29) is 23.7 Å². The van der Waals surface area contributed by atoms with Gasteiger partial charge < -0.3 is 15.6 Å². The fourth-order valence-corrected chi connectivity index (χ4v) is 4.45. The van der Waals surface area contributed by atoms with E-state index in [0.717, 1.165) is 23.1 Å². The summed E-state index contributed by atoms with van der Waals surface area (Å²) in [6.45, 7) is 4.07. The molecule has 4 rings (SSSR count). The number of aromatic amines is 1. The highest BCUT2D eigenvalue weighted by molar-refractivity contribution is 7.98. The van der Waals surface area contributed by atoms with E-state index in [9.17, 15) is 14.4 Å². The number of carbonyl (C=O) groups is 2. The fraction of sp³-hybridized carbons (Fsp3) is 0.250. The molecular formula is C24H24N4O3S. The van der Waals surface area contributed by atoms with Gasteiger partial charge in [-0.15, -0.1) is 0 Å². The van der Waals surface area contributed by atoms with E-state index < -0.39 is 17.4 Å². The number of hydrogen-bond donors (Lipinski definition) is 3. The van der Waals surface area contributed by atoms with E-state index in [1.165, 1.54) is 11.8 Å². The summed E-state index contributed by atoms with van der Waals surface area (Å²) >= 11 is 1.37. The van der Waals surface area contributed by atoms with Crippen molar-refractivity contribution < 1.29 is 9.59 Å². The van der Waals surface area contributed by atoms with Gasteiger partial charge in [0.2, 0.25) is 11.8 Å². The van der Waals surface area contributed by atoms with Crippen molar-refractivity contribution in [3.8, 4) is 0 Å². The van der Waals surface area contributed by atoms with Crippen LogP contribution in [0.25, 0.3) is 0 Å². The molecule has 2 heterocycles. The monoisotopic (exact) mass is 448 g/mol. The summed E-state index contributed by atoms with van der Waals surface area (Å²) in [6, 6.07) is 15.6. The largest absolute Gasteiger partial charge is 0.326 e. The van der Waals surface area contributed by atoms with Crippen molar-refractivity contribution in [2.24, 2.45) is 0 Å². The third-order valence-electron chi connectivity index (χ3n) is 5.33. The van der Waals surface area contributed by atoms with Gasteiger partial charge in [-0.25, -0.2) is 4.98 Å². The molecule has 2 aromatic carbocycles. The van der Waals surface area contributed by atoms with Crippen molar-refractivity contribution in [2.75, 3.05) is 10.6 Å². The minimum absolute atomic E-state index is 0.105. The minimum atomic E-state index is -0.906. The number of aromatic nitrogens is 2. The Labute approximate surface area is 190 Å². The molecule has 0 radical (unpaired) electrons. The predicted octanol–water partition coefficient (Wildman–Crippen LogP) is 4.00. The number of thioether (sulfide) groups is 1. The zero-order chi connectivity index (χ0) is 22.7. The Morgan fingerprint density at radius 3 is 2.66 bits per heavy atom. The van der Waals surface area contributed by atoms with Gasteiger partial charge in [-0.1, -0.05) is 60.6 Å². The maximum Gasteiger partial charge on any atom is 0.257 e. The first-order chi connectivity index (χ1) is 15.4. The Morgan fingerprint density at radius 1 is 1.16 bits per heavy atom. The van der Waals surface area contributed by atoms with Crippen LogP contribution >= 0.6 is 11.8 Å². The molecule has 1 aliphatic rings. The first-order valence-corrected chi connectivity index (χ1v) is 11.4. The van der Waals surface area contributed by atoms with Gasteiger partial charge in [0.15, 0.2) is 5.16 Å². The van der Waals surface area contributed by atoms with Gasteiger partial charge in [0.05, 0.1) is 11.5 Å². The number of nitrogens with zero attached hydrogens (tertiary/aromatic N) is 1. The van der Waals surface area contributed by atoms with E-state index in [1.807, 2.05) is 49.4 Å². The fourth-order valence-electron chi connectivity index (χ4n) is 3.65. The van der Waals surface area contributed by atoms with Crippen LogP contribution in [0.15, 0.2) is 58.5 Å². The van der Waals surface area contributed by atoms with Crippen LogP contribution in [0.2, 0.25) is 0 Å². The maximum atomic E-state index is 12.9. The quantitative estimate of drug-likeness (QED) is 0.391. The third-order valence-corrected chi connectivity index (χ3v) is 6.28. The average Bonchev–Trinajstić information content (AvgIpc) is 2.77. The summed E-state index contributed by atoms with van der Waals surface area (Å²) in [5, 5.41) is 5.86. The van der Waals surface area contributed by atoms with Gasteiger partial charge in [0.25, 0.3) is 5.56 Å². The number of H-pyrrole nitrogens is 1. The summed E-state index contributed by atoms with van der Waals surface area (Å²) < 4.78 is 0. The Balaban J connectivity index is 1.55. The predicted molar refractivity (Wildman–Crippen MR) is 126 cm³/mol. The molecule has 1 unspecified atom stereocenters. The van der Waals surface area contributed by atoms with Crippen LogP contribution in [0.1, 0.15) is 41.5 Å². The summed E-state index contributed by atoms with van der Waals surface area (Å²) in [4.78, 5) is 45.3. The SMILES string of the molecule is CCc1ccc(NC(=O)C2CC(=O)Nc3nc(SCc4cccc(C)c4)[nH]c(=O)c32)cc1. The number of fused-ring (bicyclic) bond motifs is 1. The summed E-state index contributed by atoms with van der Waals surface area (Å²) in [7, 11) is 0. The topological polar surface area (TPSA) is 104 Å². The summed E-state index contributed by atoms with van der Waals surface area (Å²) in [5.41, 5.74) is 3.80. The number of nitrogens with one attached hydrogen (secondary N) is 3. The Kier molecular flexibility index (Phi) is 6.41. The van der Waals surface area contributed by atoms with E-state index >= 15 is 0 Å². The molecule has 164 valence electrons. The molecule has 1 aliphatic heterocycles. The highest BCUT2D eigenvalue weighted by atomic mass is 32.2. The number of benzene rings is 2. The molecule has 3 N–H and O–H groups in total. The van der Waals surface area contributed by atoms with E-state index in [1.54, 1.807) is 0 Å². The van der Waals surface area contributed by atoms with Crippen LogP contribution in [0.3, 0.4) is 0 Å². The lowest BCUT2D eigenvalue weighted by Crippen LogP contribution is -2.36. The van der Waals surface area contributed by atoms with Crippen LogP contribution in [-0.2, 0) is 21.8 Å². The molecular weight excluding hydrogens is 424 g/mol. The molecule has 0 spiro atoms. The van der Waals surface area contributed by atoms with Gasteiger partial charge in [-0.2, -0.15) is 0 Å². The van der Waals surface area contributed by atoms with Gasteiger partial charge in [0, 0.05) is 17.9 Å². The van der Waals surface area contributed by atoms with E-state index in [2.05, 4.69) is 33.6 Å². The Morgan fingerprint density at radius 2 is 1.94 bits per heavy atom. The first kappa shape index (κ1) is 21.8. The van der Waals surface area contributed by atoms with E-state index in [4.69, 9.17) is 0 Å². The number of hydrogen-bond acceptors (Lipinski definition) is 5. The minimum Gasteiger partial charge on any atom is -0.326 e. The van der Waals surface area contributed by atoms with Crippen molar-refractivity contribution in [3.05, 3.63) is 81.1 Å². The summed E-state index contributed by atoms with van der Waals surface area (Å²) in [5.74, 6) is -0.880. The lowest BCUT2D eigenvalue weighted by molar-refractivity contribution is -0.123. The van der Waals surface area contributed by atoms with Crippen molar-refractivity contribution in [2.45, 2.75) is 43.5 Å². The highest BCUT2D eigenvalue weighted by Crippen LogP contribution is 2.31. The highest BCUT2D eigenvalue weighted by Gasteiger charge is 2.34. The Hall–Kier alpha value is -3.39. The molecule has 0 fully saturated rings. The van der Waals surface area contributed by atoms with Gasteiger partial charge in [0.1, 0.15) is 5.82 Å². The number of carbonyl (C=O) groups excluding carboxylic acids is 2. The van der Waals surface area contributed by atoms with Crippen LogP contribution < -0.4 is 16.2 Å². The van der Waals surface area contributed by atoms with Crippen LogP contribution in [0.4, 0.5) is 11.5 Å². The lowest BCUT2D eigenvalue weighted by Gasteiger charge is -2.23. The maximum absolute atomic E-state index is 12.9. The smallest absolute Gasteiger partial charge is 0.257 e. The molecule has 8 heteroatoms. The summed E-state index contributed by atoms with van der Waals surface area (Å²) in [6.07, 6.45) is 0.794. The van der Waals surface area contributed by atoms with Crippen molar-refractivity contribution in [1.29, 1.82) is 0 Å². The first-order valence-electron chi connectivity index (χ1n) is 10.4. The molecule has 7 nitrogen and oxygen atoms in total. The molecule has 0 saturated heterocycles. The second-order valence-corrected chi connectivity index (χ2v) is 8.72. The molecule has 0 saturated carbocycles. The molecule has 2 amide bonds. The number of amides is 2. The second kappa shape index (κ2) is 9.40. The van der Waals surface area contributed by atoms with Crippen molar-refractivity contribution >= 4 is 35.1 Å². The number of anilines is 2. The third kappa shape index (κ3) is 4.91. The zero-order valence-electron chi connectivity index (χ0n) is 17.9.